The van der Waals surface area contributed by atoms with E-state index in [0.29, 0.717) is 17.2 Å². The first kappa shape index (κ1) is 13.3. The van der Waals surface area contributed by atoms with Crippen LogP contribution in [0.1, 0.15) is 12.8 Å². The molecular formula is C12H22BrN3O. The van der Waals surface area contributed by atoms with Gasteiger partial charge in [0.1, 0.15) is 0 Å². The zero-order chi connectivity index (χ0) is 12.3. The van der Waals surface area contributed by atoms with Crippen molar-refractivity contribution in [2.75, 3.05) is 52.9 Å². The maximum absolute atomic E-state index is 11.6. The molecule has 98 valence electrons. The fourth-order valence-electron chi connectivity index (χ4n) is 2.50. The molecule has 1 unspecified atom stereocenters. The molecule has 1 amide bonds. The summed E-state index contributed by atoms with van der Waals surface area (Å²) in [5.74, 6) is 0.310. The quantitative estimate of drug-likeness (QED) is 0.713. The van der Waals surface area contributed by atoms with Gasteiger partial charge in [-0.1, -0.05) is 15.9 Å². The third kappa shape index (κ3) is 3.93. The Morgan fingerprint density at radius 3 is 2.53 bits per heavy atom. The van der Waals surface area contributed by atoms with Crippen molar-refractivity contribution in [3.63, 3.8) is 0 Å². The minimum Gasteiger partial charge on any atom is -0.341 e. The molecule has 17 heavy (non-hydrogen) atoms. The van der Waals surface area contributed by atoms with E-state index >= 15 is 0 Å². The molecule has 0 saturated carbocycles. The average Bonchev–Trinajstić information content (AvgIpc) is 2.60. The highest BCUT2D eigenvalue weighted by Crippen LogP contribution is 2.18. The van der Waals surface area contributed by atoms with Crippen molar-refractivity contribution < 1.29 is 4.79 Å². The fourth-order valence-corrected chi connectivity index (χ4v) is 3.12. The van der Waals surface area contributed by atoms with Crippen molar-refractivity contribution in [1.82, 2.24) is 14.7 Å². The molecule has 0 N–H and O–H groups in total. The SMILES string of the molecule is CN1CCN(CCCN2CC(Br)CC2=O)CC1. The molecule has 2 fully saturated rings. The first-order valence-electron chi connectivity index (χ1n) is 6.48. The van der Waals surface area contributed by atoms with E-state index in [0.717, 1.165) is 26.1 Å². The largest absolute Gasteiger partial charge is 0.341 e. The number of carbonyl (C=O) groups excluding carboxylic acids is 1. The Kier molecular flexibility index (Phi) is 4.82. The summed E-state index contributed by atoms with van der Waals surface area (Å²) >= 11 is 3.52. The minimum atomic E-state index is 0.310. The van der Waals surface area contributed by atoms with E-state index in [4.69, 9.17) is 0 Å². The van der Waals surface area contributed by atoms with Crippen LogP contribution in [0, 0.1) is 0 Å². The number of hydrogen-bond donors (Lipinski definition) is 0. The number of halogens is 1. The van der Waals surface area contributed by atoms with E-state index in [1.54, 1.807) is 0 Å². The summed E-state index contributed by atoms with van der Waals surface area (Å²) in [4.78, 5) is 18.8. The molecule has 0 aromatic rings. The third-order valence-electron chi connectivity index (χ3n) is 3.67. The van der Waals surface area contributed by atoms with Crippen LogP contribution in [-0.2, 0) is 4.79 Å². The number of rotatable bonds is 4. The summed E-state index contributed by atoms with van der Waals surface area (Å²) in [7, 11) is 2.18. The lowest BCUT2D eigenvalue weighted by Crippen LogP contribution is -2.45. The number of nitrogens with zero attached hydrogens (tertiary/aromatic N) is 3. The second-order valence-corrected chi connectivity index (χ2v) is 6.43. The summed E-state index contributed by atoms with van der Waals surface area (Å²) < 4.78 is 0. The van der Waals surface area contributed by atoms with Crippen LogP contribution in [0.25, 0.3) is 0 Å². The topological polar surface area (TPSA) is 26.8 Å². The van der Waals surface area contributed by atoms with Gasteiger partial charge in [-0.15, -0.1) is 0 Å². The number of carbonyl (C=O) groups is 1. The molecule has 2 aliphatic rings. The van der Waals surface area contributed by atoms with Gasteiger partial charge in [0.05, 0.1) is 0 Å². The van der Waals surface area contributed by atoms with Gasteiger partial charge in [-0.25, -0.2) is 0 Å². The highest BCUT2D eigenvalue weighted by Gasteiger charge is 2.27. The van der Waals surface area contributed by atoms with Gasteiger partial charge >= 0.3 is 0 Å². The summed E-state index contributed by atoms with van der Waals surface area (Å²) in [6.45, 7) is 7.63. The van der Waals surface area contributed by atoms with E-state index < -0.39 is 0 Å². The molecule has 1 atom stereocenters. The minimum absolute atomic E-state index is 0.310. The normalized spacial score (nSPS) is 28.0. The fraction of sp³-hybridized carbons (Fsp3) is 0.917. The standard InChI is InChI=1S/C12H22BrN3O/c1-14-5-7-15(8-6-14)3-2-4-16-10-11(13)9-12(16)17/h11H,2-10H2,1H3. The molecule has 2 rings (SSSR count). The maximum atomic E-state index is 11.6. The van der Waals surface area contributed by atoms with Crippen LogP contribution < -0.4 is 0 Å². The molecular weight excluding hydrogens is 282 g/mol. The van der Waals surface area contributed by atoms with E-state index in [9.17, 15) is 4.79 Å². The van der Waals surface area contributed by atoms with E-state index in [2.05, 4.69) is 32.8 Å². The van der Waals surface area contributed by atoms with Crippen LogP contribution in [0.3, 0.4) is 0 Å². The molecule has 0 aromatic carbocycles. The Hall–Kier alpha value is -0.130. The Morgan fingerprint density at radius 2 is 1.94 bits per heavy atom. The highest BCUT2D eigenvalue weighted by molar-refractivity contribution is 9.09. The molecule has 0 aromatic heterocycles. The molecule has 0 spiro atoms. The van der Waals surface area contributed by atoms with E-state index in [1.165, 1.54) is 26.2 Å². The summed E-state index contributed by atoms with van der Waals surface area (Å²) in [5.41, 5.74) is 0. The maximum Gasteiger partial charge on any atom is 0.223 e. The predicted molar refractivity (Wildman–Crippen MR) is 72.5 cm³/mol. The number of piperazine rings is 1. The van der Waals surface area contributed by atoms with Gasteiger partial charge in [-0.05, 0) is 20.0 Å². The van der Waals surface area contributed by atoms with Gasteiger partial charge in [0, 0.05) is 50.5 Å². The molecule has 2 aliphatic heterocycles. The van der Waals surface area contributed by atoms with E-state index in [-0.39, 0.29) is 0 Å². The number of likely N-dealkylation sites (N-methyl/N-ethyl adjacent to an activating group) is 1. The second kappa shape index (κ2) is 6.16. The van der Waals surface area contributed by atoms with Crippen molar-refractivity contribution >= 4 is 21.8 Å². The van der Waals surface area contributed by atoms with Gasteiger partial charge in [0.25, 0.3) is 0 Å². The lowest BCUT2D eigenvalue weighted by molar-refractivity contribution is -0.127. The van der Waals surface area contributed by atoms with Crippen LogP contribution in [0.4, 0.5) is 0 Å². The Bertz CT molecular complexity index is 266. The number of alkyl halides is 1. The molecule has 0 radical (unpaired) electrons. The van der Waals surface area contributed by atoms with Crippen molar-refractivity contribution in [3.05, 3.63) is 0 Å². The first-order chi connectivity index (χ1) is 8.15. The highest BCUT2D eigenvalue weighted by atomic mass is 79.9. The molecule has 5 heteroatoms. The summed E-state index contributed by atoms with van der Waals surface area (Å²) in [5, 5.41) is 0. The van der Waals surface area contributed by atoms with Gasteiger partial charge < -0.3 is 14.7 Å². The molecule has 2 saturated heterocycles. The van der Waals surface area contributed by atoms with Crippen LogP contribution in [0.15, 0.2) is 0 Å². The number of likely N-dealkylation sites (tertiary alicyclic amines) is 1. The Labute approximate surface area is 112 Å². The number of hydrogen-bond acceptors (Lipinski definition) is 3. The molecule has 0 aliphatic carbocycles. The molecule has 2 heterocycles. The van der Waals surface area contributed by atoms with Crippen molar-refractivity contribution in [2.24, 2.45) is 0 Å². The molecule has 0 bridgehead atoms. The third-order valence-corrected chi connectivity index (χ3v) is 4.28. The monoisotopic (exact) mass is 303 g/mol. The lowest BCUT2D eigenvalue weighted by atomic mass is 10.3. The van der Waals surface area contributed by atoms with Crippen LogP contribution in [-0.4, -0.2) is 78.3 Å². The second-order valence-electron chi connectivity index (χ2n) is 5.14. The van der Waals surface area contributed by atoms with Crippen LogP contribution in [0.5, 0.6) is 0 Å². The zero-order valence-electron chi connectivity index (χ0n) is 10.6. The van der Waals surface area contributed by atoms with Gasteiger partial charge in [-0.2, -0.15) is 0 Å². The number of amides is 1. The lowest BCUT2D eigenvalue weighted by Gasteiger charge is -2.32. The van der Waals surface area contributed by atoms with Gasteiger partial charge in [-0.3, -0.25) is 4.79 Å². The average molecular weight is 304 g/mol. The van der Waals surface area contributed by atoms with Gasteiger partial charge in [0.2, 0.25) is 5.91 Å². The Balaban J connectivity index is 1.61. The van der Waals surface area contributed by atoms with E-state index in [1.807, 2.05) is 4.90 Å². The van der Waals surface area contributed by atoms with Gasteiger partial charge in [0.15, 0.2) is 0 Å². The van der Waals surface area contributed by atoms with Crippen molar-refractivity contribution in [3.8, 4) is 0 Å². The Morgan fingerprint density at radius 1 is 1.24 bits per heavy atom. The van der Waals surface area contributed by atoms with Crippen molar-refractivity contribution in [1.29, 1.82) is 0 Å². The van der Waals surface area contributed by atoms with Crippen LogP contribution in [0.2, 0.25) is 0 Å². The molecule has 4 nitrogen and oxygen atoms in total. The first-order valence-corrected chi connectivity index (χ1v) is 7.39. The predicted octanol–water partition coefficient (Wildman–Crippen LogP) is 0.620. The zero-order valence-corrected chi connectivity index (χ0v) is 12.2. The smallest absolute Gasteiger partial charge is 0.223 e. The summed E-state index contributed by atoms with van der Waals surface area (Å²) in [6, 6.07) is 0. The van der Waals surface area contributed by atoms with Crippen molar-refractivity contribution in [2.45, 2.75) is 17.7 Å². The van der Waals surface area contributed by atoms with Crippen LogP contribution >= 0.6 is 15.9 Å². The summed E-state index contributed by atoms with van der Waals surface area (Å²) in [6.07, 6.45) is 1.78.